The number of nitrogens with zero attached hydrogens (tertiary/aromatic N) is 1. The van der Waals surface area contributed by atoms with Gasteiger partial charge in [0.2, 0.25) is 10.0 Å². The molecule has 2 aliphatic rings. The second-order valence-corrected chi connectivity index (χ2v) is 10.6. The number of hydrogen-bond acceptors (Lipinski definition) is 6. The third-order valence-electron chi connectivity index (χ3n) is 5.12. The highest BCUT2D eigenvalue weighted by molar-refractivity contribution is 7.88. The van der Waals surface area contributed by atoms with Crippen molar-refractivity contribution in [3.05, 3.63) is 21.9 Å². The van der Waals surface area contributed by atoms with Crippen LogP contribution in [0.1, 0.15) is 36.1 Å². The molecule has 7 nitrogen and oxygen atoms in total. The van der Waals surface area contributed by atoms with E-state index < -0.39 is 22.2 Å². The van der Waals surface area contributed by atoms with E-state index in [-0.39, 0.29) is 11.7 Å². The van der Waals surface area contributed by atoms with E-state index in [1.165, 1.54) is 16.7 Å². The van der Waals surface area contributed by atoms with E-state index >= 15 is 0 Å². The average Bonchev–Trinajstić information content (AvgIpc) is 3.19. The molecule has 0 bridgehead atoms. The van der Waals surface area contributed by atoms with Crippen LogP contribution in [-0.2, 0) is 26.1 Å². The summed E-state index contributed by atoms with van der Waals surface area (Å²) >= 11 is 1.82. The Hall–Kier alpha value is -1.21. The predicted octanol–water partition coefficient (Wildman–Crippen LogP) is 2.75. The Bertz CT molecular complexity index is 828. The summed E-state index contributed by atoms with van der Waals surface area (Å²) in [5.41, 5.74) is 1.29. The highest BCUT2D eigenvalue weighted by atomic mass is 32.2. The molecule has 172 valence electrons. The number of hydrogen-bond donors (Lipinski definition) is 2. The van der Waals surface area contributed by atoms with Gasteiger partial charge in [-0.2, -0.15) is 13.2 Å². The van der Waals surface area contributed by atoms with E-state index in [0.717, 1.165) is 45.3 Å². The second kappa shape index (κ2) is 9.94. The summed E-state index contributed by atoms with van der Waals surface area (Å²) in [6.45, 7) is 5.58. The van der Waals surface area contributed by atoms with Gasteiger partial charge < -0.3 is 9.84 Å². The third kappa shape index (κ3) is 7.80. The van der Waals surface area contributed by atoms with Gasteiger partial charge in [-0.15, -0.1) is 11.3 Å². The molecule has 2 N–H and O–H groups in total. The number of sulfonamides is 1. The Morgan fingerprint density at radius 2 is 2.10 bits per heavy atom. The number of thiophene rings is 1. The van der Waals surface area contributed by atoms with Crippen LogP contribution in [0, 0.1) is 6.92 Å². The molecule has 0 radical (unpaired) electrons. The SMILES string of the molecule is Cc1ccsc1CN1CC[C@]2(CCC[C@@H](CNS(C)(=O)=O)O2)C1.O=C(O)C(F)(F)F. The number of aliphatic carboxylic acids is 1. The summed E-state index contributed by atoms with van der Waals surface area (Å²) in [6, 6.07) is 2.18. The largest absolute Gasteiger partial charge is 0.490 e. The maximum Gasteiger partial charge on any atom is 0.490 e. The summed E-state index contributed by atoms with van der Waals surface area (Å²) in [4.78, 5) is 12.8. The Kier molecular flexibility index (Phi) is 8.30. The van der Waals surface area contributed by atoms with Gasteiger partial charge in [-0.1, -0.05) is 0 Å². The summed E-state index contributed by atoms with van der Waals surface area (Å²) in [5, 5.41) is 9.28. The Morgan fingerprint density at radius 3 is 2.63 bits per heavy atom. The molecule has 2 fully saturated rings. The van der Waals surface area contributed by atoms with Crippen LogP contribution < -0.4 is 4.72 Å². The summed E-state index contributed by atoms with van der Waals surface area (Å²) in [7, 11) is -3.15. The summed E-state index contributed by atoms with van der Waals surface area (Å²) < 4.78 is 63.2. The van der Waals surface area contributed by atoms with Crippen molar-refractivity contribution in [1.82, 2.24) is 9.62 Å². The molecular formula is C18H27F3N2O5S2. The lowest BCUT2D eigenvalue weighted by atomic mass is 9.90. The Morgan fingerprint density at radius 1 is 1.43 bits per heavy atom. The molecule has 1 aromatic rings. The van der Waals surface area contributed by atoms with Crippen molar-refractivity contribution in [1.29, 1.82) is 0 Å². The highest BCUT2D eigenvalue weighted by Crippen LogP contribution is 2.37. The zero-order chi connectivity index (χ0) is 22.6. The van der Waals surface area contributed by atoms with Crippen molar-refractivity contribution in [2.75, 3.05) is 25.9 Å². The number of carbonyl (C=O) groups is 1. The lowest BCUT2D eigenvalue weighted by Gasteiger charge is -2.38. The topological polar surface area (TPSA) is 95.9 Å². The number of nitrogens with one attached hydrogen (secondary N) is 1. The van der Waals surface area contributed by atoms with Gasteiger partial charge in [0, 0.05) is 31.1 Å². The number of carboxylic acid groups (broad SMARTS) is 1. The van der Waals surface area contributed by atoms with Crippen molar-refractivity contribution >= 4 is 27.3 Å². The first kappa shape index (κ1) is 25.1. The number of rotatable bonds is 5. The van der Waals surface area contributed by atoms with E-state index in [4.69, 9.17) is 14.6 Å². The van der Waals surface area contributed by atoms with Gasteiger partial charge in [-0.05, 0) is 49.6 Å². The van der Waals surface area contributed by atoms with E-state index in [0.29, 0.717) is 6.54 Å². The molecule has 1 spiro atoms. The van der Waals surface area contributed by atoms with E-state index in [1.807, 2.05) is 11.3 Å². The highest BCUT2D eigenvalue weighted by Gasteiger charge is 2.43. The monoisotopic (exact) mass is 472 g/mol. The number of aryl methyl sites for hydroxylation is 1. The smallest absolute Gasteiger partial charge is 0.475 e. The summed E-state index contributed by atoms with van der Waals surface area (Å²) in [5.74, 6) is -2.76. The fourth-order valence-electron chi connectivity index (χ4n) is 3.64. The van der Waals surface area contributed by atoms with Gasteiger partial charge in [-0.25, -0.2) is 17.9 Å². The van der Waals surface area contributed by atoms with Gasteiger partial charge in [0.05, 0.1) is 18.0 Å². The van der Waals surface area contributed by atoms with E-state index in [2.05, 4.69) is 28.0 Å². The van der Waals surface area contributed by atoms with Crippen LogP contribution in [0.25, 0.3) is 0 Å². The molecule has 30 heavy (non-hydrogen) atoms. The number of likely N-dealkylation sites (tertiary alicyclic amines) is 1. The van der Waals surface area contributed by atoms with Crippen LogP contribution >= 0.6 is 11.3 Å². The zero-order valence-corrected chi connectivity index (χ0v) is 18.5. The average molecular weight is 473 g/mol. The molecule has 1 aromatic heterocycles. The van der Waals surface area contributed by atoms with Crippen molar-refractivity contribution in [3.8, 4) is 0 Å². The normalized spacial score (nSPS) is 25.2. The molecule has 3 rings (SSSR count). The molecule has 0 amide bonds. The number of carboxylic acids is 1. The standard InChI is InChI=1S/C16H26N2O3S2.C2HF3O2/c1-13-5-9-22-15(13)11-18-8-7-16(12-18)6-3-4-14(21-16)10-17-23(2,19)20;3-2(4,5)1(6)7/h5,9,14,17H,3-4,6-8,10-12H2,1-2H3;(H,6,7)/t14-,16+;/m0./s1. The molecule has 3 heterocycles. The fourth-order valence-corrected chi connectivity index (χ4v) is 5.08. The van der Waals surface area contributed by atoms with Crippen molar-refractivity contribution in [2.24, 2.45) is 0 Å². The molecule has 2 aliphatic heterocycles. The van der Waals surface area contributed by atoms with Crippen molar-refractivity contribution in [2.45, 2.75) is 57.0 Å². The van der Waals surface area contributed by atoms with Crippen LogP contribution in [0.2, 0.25) is 0 Å². The van der Waals surface area contributed by atoms with Gasteiger partial charge in [0.15, 0.2) is 0 Å². The minimum atomic E-state index is -5.08. The van der Waals surface area contributed by atoms with Gasteiger partial charge in [0.25, 0.3) is 0 Å². The fraction of sp³-hybridized carbons (Fsp3) is 0.722. The van der Waals surface area contributed by atoms with Crippen LogP contribution in [0.15, 0.2) is 11.4 Å². The maximum absolute atomic E-state index is 11.3. The number of halogens is 3. The first-order valence-electron chi connectivity index (χ1n) is 9.47. The predicted molar refractivity (Wildman–Crippen MR) is 107 cm³/mol. The first-order valence-corrected chi connectivity index (χ1v) is 12.2. The van der Waals surface area contributed by atoms with Crippen LogP contribution in [0.5, 0.6) is 0 Å². The van der Waals surface area contributed by atoms with Gasteiger partial charge >= 0.3 is 12.1 Å². The Balaban J connectivity index is 0.000000396. The van der Waals surface area contributed by atoms with E-state index in [9.17, 15) is 21.6 Å². The number of alkyl halides is 3. The van der Waals surface area contributed by atoms with Crippen LogP contribution in [-0.4, -0.2) is 68.2 Å². The lowest BCUT2D eigenvalue weighted by molar-refractivity contribution is -0.192. The molecule has 2 atom stereocenters. The third-order valence-corrected chi connectivity index (χ3v) is 6.82. The molecule has 0 unspecified atom stereocenters. The molecule has 0 saturated carbocycles. The minimum absolute atomic E-state index is 0.00176. The molecule has 0 aliphatic carbocycles. The van der Waals surface area contributed by atoms with Crippen molar-refractivity contribution in [3.63, 3.8) is 0 Å². The van der Waals surface area contributed by atoms with Gasteiger partial charge in [0.1, 0.15) is 0 Å². The van der Waals surface area contributed by atoms with E-state index in [1.54, 1.807) is 0 Å². The molecule has 12 heteroatoms. The van der Waals surface area contributed by atoms with Crippen LogP contribution in [0.3, 0.4) is 0 Å². The van der Waals surface area contributed by atoms with Gasteiger partial charge in [-0.3, -0.25) is 4.90 Å². The van der Waals surface area contributed by atoms with Crippen molar-refractivity contribution < 1.29 is 36.2 Å². The zero-order valence-electron chi connectivity index (χ0n) is 16.9. The quantitative estimate of drug-likeness (QED) is 0.684. The molecule has 0 aromatic carbocycles. The lowest BCUT2D eigenvalue weighted by Crippen LogP contribution is -2.46. The first-order chi connectivity index (χ1) is 13.8. The molecular weight excluding hydrogens is 445 g/mol. The summed E-state index contributed by atoms with van der Waals surface area (Å²) in [6.07, 6.45) is 0.305. The number of ether oxygens (including phenoxy) is 1. The second-order valence-electron chi connectivity index (χ2n) is 7.73. The molecule has 2 saturated heterocycles. The maximum atomic E-state index is 11.3. The van der Waals surface area contributed by atoms with Crippen LogP contribution in [0.4, 0.5) is 13.2 Å². The Labute approximate surface area is 178 Å². The minimum Gasteiger partial charge on any atom is -0.475 e.